The first-order chi connectivity index (χ1) is 14.6. The molecule has 0 heterocycles. The van der Waals surface area contributed by atoms with E-state index in [1.165, 1.54) is 0 Å². The smallest absolute Gasteiger partial charge is 0.229 e. The van der Waals surface area contributed by atoms with Gasteiger partial charge in [0.25, 0.3) is 0 Å². The van der Waals surface area contributed by atoms with E-state index >= 15 is 0 Å². The minimum Gasteiger partial charge on any atom is -0.508 e. The molecule has 1 aliphatic carbocycles. The summed E-state index contributed by atoms with van der Waals surface area (Å²) in [7, 11) is -7.56. The number of rotatable bonds is 6. The summed E-state index contributed by atoms with van der Waals surface area (Å²) < 4.78 is 50.2. The maximum atomic E-state index is 11.7. The number of nitrogens with one attached hydrogen (secondary N) is 2. The predicted molar refractivity (Wildman–Crippen MR) is 114 cm³/mol. The number of aromatic hydroxyl groups is 4. The molecule has 3 rings (SSSR count). The van der Waals surface area contributed by atoms with Crippen molar-refractivity contribution in [3.63, 3.8) is 0 Å². The van der Waals surface area contributed by atoms with Gasteiger partial charge in [-0.25, -0.2) is 16.8 Å². The second-order valence-corrected chi connectivity index (χ2v) is 11.1. The molecule has 1 fully saturated rings. The van der Waals surface area contributed by atoms with Crippen LogP contribution in [-0.4, -0.2) is 72.2 Å². The topological polar surface area (TPSA) is 214 Å². The van der Waals surface area contributed by atoms with Gasteiger partial charge in [-0.05, 0) is 0 Å². The quantitative estimate of drug-likeness (QED) is 0.268. The fraction of sp³-hybridized carbons (Fsp3) is 0.333. The summed E-state index contributed by atoms with van der Waals surface area (Å²) in [5.74, 6) is -4.80. The van der Waals surface area contributed by atoms with Gasteiger partial charge in [0.1, 0.15) is 23.0 Å². The van der Waals surface area contributed by atoms with E-state index in [1.807, 2.05) is 0 Å². The molecule has 2 atom stereocenters. The minimum absolute atomic E-state index is 0.151. The Morgan fingerprint density at radius 2 is 1.12 bits per heavy atom. The molecule has 0 radical (unpaired) electrons. The van der Waals surface area contributed by atoms with Crippen molar-refractivity contribution in [3.05, 3.63) is 35.4 Å². The van der Waals surface area contributed by atoms with Gasteiger partial charge in [0.15, 0.2) is 0 Å². The second kappa shape index (κ2) is 7.88. The van der Waals surface area contributed by atoms with Gasteiger partial charge in [0.2, 0.25) is 20.0 Å². The normalized spacial score (nSPS) is 23.4. The largest absolute Gasteiger partial charge is 0.508 e. The predicted octanol–water partition coefficient (Wildman–Crippen LogP) is -0.145. The van der Waals surface area contributed by atoms with Crippen LogP contribution < -0.4 is 9.44 Å². The van der Waals surface area contributed by atoms with Crippen LogP contribution >= 0.6 is 0 Å². The van der Waals surface area contributed by atoms with Crippen molar-refractivity contribution in [3.8, 4) is 23.0 Å². The van der Waals surface area contributed by atoms with Gasteiger partial charge in [-0.1, -0.05) is 0 Å². The van der Waals surface area contributed by atoms with Crippen molar-refractivity contribution in [2.75, 3.05) is 22.0 Å². The summed E-state index contributed by atoms with van der Waals surface area (Å²) >= 11 is 0. The lowest BCUT2D eigenvalue weighted by Crippen LogP contribution is -2.52. The van der Waals surface area contributed by atoms with Gasteiger partial charge in [-0.3, -0.25) is 9.44 Å². The molecule has 0 bridgehead atoms. The Morgan fingerprint density at radius 1 is 0.688 bits per heavy atom. The SMILES string of the molecule is CS(=O)(=O)Nc1cc(O)c(C2C(O)C(c3c(O)cc(O)cc3NS(C)(=O)=O)C2O)c(O)c1. The average Bonchev–Trinajstić information content (AvgIpc) is 2.57. The van der Waals surface area contributed by atoms with Crippen LogP contribution in [0, 0.1) is 0 Å². The molecule has 1 saturated carbocycles. The van der Waals surface area contributed by atoms with Gasteiger partial charge in [0, 0.05) is 47.2 Å². The highest BCUT2D eigenvalue weighted by Gasteiger charge is 2.54. The molecule has 176 valence electrons. The van der Waals surface area contributed by atoms with E-state index in [-0.39, 0.29) is 22.5 Å². The molecule has 0 spiro atoms. The lowest BCUT2D eigenvalue weighted by atomic mass is 9.62. The van der Waals surface area contributed by atoms with Crippen molar-refractivity contribution in [2.24, 2.45) is 0 Å². The first-order valence-corrected chi connectivity index (χ1v) is 12.8. The van der Waals surface area contributed by atoms with E-state index in [9.17, 15) is 47.5 Å². The van der Waals surface area contributed by atoms with E-state index in [0.29, 0.717) is 0 Å². The molecule has 1 aliphatic rings. The molecular weight excluding hydrogens is 468 g/mol. The highest BCUT2D eigenvalue weighted by atomic mass is 32.2. The summed E-state index contributed by atoms with van der Waals surface area (Å²) in [5.41, 5.74) is -0.885. The maximum Gasteiger partial charge on any atom is 0.229 e. The number of sulfonamides is 2. The van der Waals surface area contributed by atoms with Gasteiger partial charge >= 0.3 is 0 Å². The number of aliphatic hydroxyl groups excluding tert-OH is 2. The van der Waals surface area contributed by atoms with Crippen LogP contribution in [0.3, 0.4) is 0 Å². The second-order valence-electron chi connectivity index (χ2n) is 7.64. The molecule has 2 unspecified atom stereocenters. The van der Waals surface area contributed by atoms with E-state index in [1.54, 1.807) is 0 Å². The van der Waals surface area contributed by atoms with Crippen molar-refractivity contribution in [1.29, 1.82) is 0 Å². The zero-order valence-corrected chi connectivity index (χ0v) is 18.4. The lowest BCUT2D eigenvalue weighted by molar-refractivity contribution is -0.0801. The third-order valence-electron chi connectivity index (χ3n) is 5.02. The summed E-state index contributed by atoms with van der Waals surface area (Å²) in [6.45, 7) is 0. The Bertz CT molecular complexity index is 1240. The third-order valence-corrected chi connectivity index (χ3v) is 6.21. The molecule has 12 nitrogen and oxygen atoms in total. The minimum atomic E-state index is -3.86. The first kappa shape index (κ1) is 23.7. The van der Waals surface area contributed by atoms with E-state index < -0.39 is 67.1 Å². The number of phenols is 4. The lowest BCUT2D eigenvalue weighted by Gasteiger charge is -2.47. The zero-order chi connectivity index (χ0) is 24.2. The Hall–Kier alpha value is -2.94. The van der Waals surface area contributed by atoms with Crippen molar-refractivity contribution < 1.29 is 47.5 Å². The molecule has 2 aromatic rings. The van der Waals surface area contributed by atoms with Gasteiger partial charge < -0.3 is 30.6 Å². The molecule has 0 aromatic heterocycles. The highest BCUT2D eigenvalue weighted by molar-refractivity contribution is 7.92. The number of anilines is 2. The molecule has 14 heteroatoms. The maximum absolute atomic E-state index is 11.7. The molecule has 0 amide bonds. The van der Waals surface area contributed by atoms with Crippen LogP contribution in [0.5, 0.6) is 23.0 Å². The van der Waals surface area contributed by atoms with E-state index in [0.717, 1.165) is 36.8 Å². The van der Waals surface area contributed by atoms with Crippen LogP contribution in [0.15, 0.2) is 24.3 Å². The van der Waals surface area contributed by atoms with Crippen LogP contribution in [0.2, 0.25) is 0 Å². The van der Waals surface area contributed by atoms with Crippen LogP contribution in [-0.2, 0) is 20.0 Å². The van der Waals surface area contributed by atoms with Crippen molar-refractivity contribution in [1.82, 2.24) is 0 Å². The number of aliphatic hydroxyl groups is 2. The third kappa shape index (κ3) is 4.62. The Kier molecular flexibility index (Phi) is 5.84. The molecule has 8 N–H and O–H groups in total. The standard InChI is InChI=1S/C18H22N2O10S2/c1-31(27,28)19-7-3-10(22)14(11(23)4-7)16-17(25)15(18(16)26)13-9(20-32(2,29)30)5-8(21)6-12(13)24/h3-6,15-26H,1-2H3. The number of benzene rings is 2. The Balaban J connectivity index is 2.00. The molecular formula is C18H22N2O10S2. The highest BCUT2D eigenvalue weighted by Crippen LogP contribution is 2.56. The van der Waals surface area contributed by atoms with Crippen LogP contribution in [0.1, 0.15) is 23.0 Å². The van der Waals surface area contributed by atoms with Crippen molar-refractivity contribution in [2.45, 2.75) is 24.0 Å². The molecule has 0 aliphatic heterocycles. The number of hydrogen-bond acceptors (Lipinski definition) is 10. The zero-order valence-electron chi connectivity index (χ0n) is 16.8. The fourth-order valence-corrected chi connectivity index (χ4v) is 5.00. The van der Waals surface area contributed by atoms with Crippen molar-refractivity contribution >= 4 is 31.4 Å². The van der Waals surface area contributed by atoms with E-state index in [2.05, 4.69) is 9.44 Å². The van der Waals surface area contributed by atoms with Crippen LogP contribution in [0.25, 0.3) is 0 Å². The Labute approximate surface area is 183 Å². The summed E-state index contributed by atoms with van der Waals surface area (Å²) in [5, 5.41) is 62.0. The average molecular weight is 491 g/mol. The monoisotopic (exact) mass is 490 g/mol. The van der Waals surface area contributed by atoms with Gasteiger partial charge in [0.05, 0.1) is 36.1 Å². The summed E-state index contributed by atoms with van der Waals surface area (Å²) in [4.78, 5) is 0. The first-order valence-electron chi connectivity index (χ1n) is 9.02. The molecule has 0 saturated heterocycles. The fourth-order valence-electron chi connectivity index (χ4n) is 3.88. The van der Waals surface area contributed by atoms with Gasteiger partial charge in [-0.2, -0.15) is 0 Å². The molecule has 32 heavy (non-hydrogen) atoms. The summed E-state index contributed by atoms with van der Waals surface area (Å²) in [6, 6.07) is 3.86. The Morgan fingerprint density at radius 3 is 1.59 bits per heavy atom. The number of phenolic OH excluding ortho intramolecular Hbond substituents is 4. The van der Waals surface area contributed by atoms with E-state index in [4.69, 9.17) is 0 Å². The summed E-state index contributed by atoms with van der Waals surface area (Å²) in [6.07, 6.45) is -1.32. The van der Waals surface area contributed by atoms with Crippen LogP contribution in [0.4, 0.5) is 11.4 Å². The molecule has 2 aromatic carbocycles. The number of hydrogen-bond donors (Lipinski definition) is 8. The van der Waals surface area contributed by atoms with Gasteiger partial charge in [-0.15, -0.1) is 0 Å².